The largest absolute Gasteiger partial charge is 0.466 e. The number of carbonyl (C=O) groups excluding carboxylic acids is 1. The molecular formula is C16H21NO2. The summed E-state index contributed by atoms with van der Waals surface area (Å²) in [6, 6.07) is 1.86. The van der Waals surface area contributed by atoms with Gasteiger partial charge in [0.25, 0.3) is 5.91 Å². The molecule has 0 spiro atoms. The first-order valence-corrected chi connectivity index (χ1v) is 7.06. The Balaban J connectivity index is 1.75. The maximum Gasteiger partial charge on any atom is 0.257 e. The quantitative estimate of drug-likeness (QED) is 0.725. The molecule has 3 heteroatoms. The minimum absolute atomic E-state index is 0.140. The van der Waals surface area contributed by atoms with Crippen LogP contribution in [0.1, 0.15) is 41.6 Å². The SMILES string of the molecule is CC1=CC[C@@H]2CN(C(=O)c3cc(C)oc3C)C[C@@H]2C1. The minimum Gasteiger partial charge on any atom is -0.466 e. The number of aryl methyl sites for hydroxylation is 2. The van der Waals surface area contributed by atoms with Crippen molar-refractivity contribution < 1.29 is 9.21 Å². The molecule has 1 aliphatic carbocycles. The fraction of sp³-hybridized carbons (Fsp3) is 0.562. The van der Waals surface area contributed by atoms with Crippen LogP contribution >= 0.6 is 0 Å². The zero-order valence-electron chi connectivity index (χ0n) is 11.9. The summed E-state index contributed by atoms with van der Waals surface area (Å²) >= 11 is 0. The van der Waals surface area contributed by atoms with Crippen molar-refractivity contribution in [1.82, 2.24) is 4.90 Å². The highest BCUT2D eigenvalue weighted by Crippen LogP contribution is 2.36. The number of nitrogens with zero attached hydrogens (tertiary/aromatic N) is 1. The number of allylic oxidation sites excluding steroid dienone is 2. The summed E-state index contributed by atoms with van der Waals surface area (Å²) in [7, 11) is 0. The molecule has 0 unspecified atom stereocenters. The van der Waals surface area contributed by atoms with Crippen molar-refractivity contribution in [2.45, 2.75) is 33.6 Å². The molecule has 1 aromatic rings. The van der Waals surface area contributed by atoms with Crippen molar-refractivity contribution in [1.29, 1.82) is 0 Å². The van der Waals surface area contributed by atoms with E-state index in [0.717, 1.165) is 43.0 Å². The van der Waals surface area contributed by atoms with Gasteiger partial charge in [0.15, 0.2) is 0 Å². The molecule has 1 aromatic heterocycles. The number of rotatable bonds is 1. The predicted octanol–water partition coefficient (Wildman–Crippen LogP) is 3.32. The van der Waals surface area contributed by atoms with Gasteiger partial charge >= 0.3 is 0 Å². The second kappa shape index (κ2) is 4.55. The molecule has 2 aliphatic rings. The number of carbonyl (C=O) groups is 1. The van der Waals surface area contributed by atoms with Gasteiger partial charge < -0.3 is 9.32 Å². The molecule has 1 fully saturated rings. The van der Waals surface area contributed by atoms with Crippen molar-refractivity contribution in [3.8, 4) is 0 Å². The van der Waals surface area contributed by atoms with Crippen LogP contribution < -0.4 is 0 Å². The normalized spacial score (nSPS) is 26.3. The standard InChI is InChI=1S/C16H21NO2/c1-10-4-5-13-8-17(9-14(13)6-10)16(18)15-7-11(2)19-12(15)3/h4,7,13-14H,5-6,8-9H2,1-3H3/t13-,14+/m1/s1. The highest BCUT2D eigenvalue weighted by atomic mass is 16.3. The van der Waals surface area contributed by atoms with Crippen LogP contribution in [0.3, 0.4) is 0 Å². The molecule has 0 N–H and O–H groups in total. The van der Waals surface area contributed by atoms with Gasteiger partial charge in [0, 0.05) is 13.1 Å². The summed E-state index contributed by atoms with van der Waals surface area (Å²) < 4.78 is 5.47. The highest BCUT2D eigenvalue weighted by molar-refractivity contribution is 5.95. The molecule has 2 atom stereocenters. The molecule has 19 heavy (non-hydrogen) atoms. The Morgan fingerprint density at radius 1 is 1.26 bits per heavy atom. The van der Waals surface area contributed by atoms with E-state index < -0.39 is 0 Å². The minimum atomic E-state index is 0.140. The fourth-order valence-corrected chi connectivity index (χ4v) is 3.47. The van der Waals surface area contributed by atoms with E-state index in [1.165, 1.54) is 5.57 Å². The Morgan fingerprint density at radius 2 is 2.00 bits per heavy atom. The molecule has 102 valence electrons. The zero-order valence-corrected chi connectivity index (χ0v) is 11.9. The first kappa shape index (κ1) is 12.5. The zero-order chi connectivity index (χ0) is 13.6. The van der Waals surface area contributed by atoms with Crippen molar-refractivity contribution in [2.75, 3.05) is 13.1 Å². The lowest BCUT2D eigenvalue weighted by atomic mass is 9.83. The van der Waals surface area contributed by atoms with Crippen LogP contribution in [0.15, 0.2) is 22.1 Å². The van der Waals surface area contributed by atoms with Gasteiger partial charge in [-0.25, -0.2) is 0 Å². The Kier molecular flexibility index (Phi) is 3.00. The fourth-order valence-electron chi connectivity index (χ4n) is 3.47. The van der Waals surface area contributed by atoms with Crippen molar-refractivity contribution in [3.05, 3.63) is 34.8 Å². The Morgan fingerprint density at radius 3 is 2.68 bits per heavy atom. The molecular weight excluding hydrogens is 238 g/mol. The average Bonchev–Trinajstić information content (AvgIpc) is 2.91. The van der Waals surface area contributed by atoms with E-state index >= 15 is 0 Å². The monoisotopic (exact) mass is 259 g/mol. The molecule has 0 saturated carbocycles. The van der Waals surface area contributed by atoms with Crippen LogP contribution in [-0.4, -0.2) is 23.9 Å². The number of likely N-dealkylation sites (tertiary alicyclic amines) is 1. The summed E-state index contributed by atoms with van der Waals surface area (Å²) in [4.78, 5) is 14.6. The van der Waals surface area contributed by atoms with E-state index in [1.807, 2.05) is 24.8 Å². The van der Waals surface area contributed by atoms with E-state index in [1.54, 1.807) is 0 Å². The van der Waals surface area contributed by atoms with E-state index in [2.05, 4.69) is 13.0 Å². The summed E-state index contributed by atoms with van der Waals surface area (Å²) in [5.41, 5.74) is 2.21. The van der Waals surface area contributed by atoms with Gasteiger partial charge in [0.05, 0.1) is 5.56 Å². The highest BCUT2D eigenvalue weighted by Gasteiger charge is 2.37. The van der Waals surface area contributed by atoms with E-state index in [4.69, 9.17) is 4.42 Å². The summed E-state index contributed by atoms with van der Waals surface area (Å²) in [6.45, 7) is 7.76. The van der Waals surface area contributed by atoms with Crippen molar-refractivity contribution in [2.24, 2.45) is 11.8 Å². The third kappa shape index (κ3) is 2.22. The molecule has 0 aromatic carbocycles. The predicted molar refractivity (Wildman–Crippen MR) is 74.1 cm³/mol. The first-order valence-electron chi connectivity index (χ1n) is 7.06. The number of hydrogen-bond acceptors (Lipinski definition) is 2. The molecule has 3 rings (SSSR count). The van der Waals surface area contributed by atoms with Crippen LogP contribution in [0.5, 0.6) is 0 Å². The van der Waals surface area contributed by atoms with Gasteiger partial charge in [-0.2, -0.15) is 0 Å². The third-order valence-electron chi connectivity index (χ3n) is 4.49. The summed E-state index contributed by atoms with van der Waals surface area (Å²) in [5.74, 6) is 3.01. The second-order valence-corrected chi connectivity index (χ2v) is 6.05. The van der Waals surface area contributed by atoms with Crippen LogP contribution in [0.2, 0.25) is 0 Å². The van der Waals surface area contributed by atoms with Gasteiger partial charge in [-0.15, -0.1) is 0 Å². The van der Waals surface area contributed by atoms with Gasteiger partial charge in [-0.1, -0.05) is 11.6 Å². The third-order valence-corrected chi connectivity index (χ3v) is 4.49. The van der Waals surface area contributed by atoms with Gasteiger partial charge in [-0.05, 0) is 51.5 Å². The van der Waals surface area contributed by atoms with E-state index in [0.29, 0.717) is 11.8 Å². The van der Waals surface area contributed by atoms with Crippen LogP contribution in [0.25, 0.3) is 0 Å². The Hall–Kier alpha value is -1.51. The summed E-state index contributed by atoms with van der Waals surface area (Å²) in [6.07, 6.45) is 4.61. The van der Waals surface area contributed by atoms with Gasteiger partial charge in [-0.3, -0.25) is 4.79 Å². The molecule has 1 saturated heterocycles. The Labute approximate surface area is 114 Å². The van der Waals surface area contributed by atoms with Crippen molar-refractivity contribution >= 4 is 5.91 Å². The maximum atomic E-state index is 12.6. The van der Waals surface area contributed by atoms with E-state index in [-0.39, 0.29) is 5.91 Å². The smallest absolute Gasteiger partial charge is 0.257 e. The second-order valence-electron chi connectivity index (χ2n) is 6.05. The topological polar surface area (TPSA) is 33.5 Å². The molecule has 0 bridgehead atoms. The van der Waals surface area contributed by atoms with Crippen molar-refractivity contribution in [3.63, 3.8) is 0 Å². The van der Waals surface area contributed by atoms with Crippen LogP contribution in [0.4, 0.5) is 0 Å². The first-order chi connectivity index (χ1) is 9.04. The number of hydrogen-bond donors (Lipinski definition) is 0. The number of amides is 1. The number of furan rings is 1. The lowest BCUT2D eigenvalue weighted by molar-refractivity contribution is 0.0782. The molecule has 3 nitrogen and oxygen atoms in total. The Bertz CT molecular complexity index is 541. The maximum absolute atomic E-state index is 12.6. The molecule has 2 heterocycles. The van der Waals surface area contributed by atoms with Crippen LogP contribution in [0, 0.1) is 25.7 Å². The summed E-state index contributed by atoms with van der Waals surface area (Å²) in [5, 5.41) is 0. The van der Waals surface area contributed by atoms with Crippen LogP contribution in [-0.2, 0) is 0 Å². The average molecular weight is 259 g/mol. The molecule has 1 amide bonds. The lowest BCUT2D eigenvalue weighted by Gasteiger charge is -2.21. The lowest BCUT2D eigenvalue weighted by Crippen LogP contribution is -2.29. The number of fused-ring (bicyclic) bond motifs is 1. The molecule has 0 radical (unpaired) electrons. The van der Waals surface area contributed by atoms with Gasteiger partial charge in [0.1, 0.15) is 11.5 Å². The van der Waals surface area contributed by atoms with E-state index in [9.17, 15) is 4.79 Å². The van der Waals surface area contributed by atoms with Gasteiger partial charge in [0.2, 0.25) is 0 Å². The molecule has 1 aliphatic heterocycles.